The highest BCUT2D eigenvalue weighted by molar-refractivity contribution is 7.22. The Kier molecular flexibility index (Phi) is 14.1. The van der Waals surface area contributed by atoms with E-state index in [1.807, 2.05) is 12.1 Å². The Morgan fingerprint density at radius 3 is 2.44 bits per heavy atom. The molecule has 2 atom stereocenters. The van der Waals surface area contributed by atoms with Gasteiger partial charge in [0.25, 0.3) is 0 Å². The topological polar surface area (TPSA) is 77.4 Å². The summed E-state index contributed by atoms with van der Waals surface area (Å²) in [6, 6.07) is 33.6. The molecule has 4 aliphatic rings. The first-order valence-corrected chi connectivity index (χ1v) is 27.9. The fourth-order valence-electron chi connectivity index (χ4n) is 12.8. The Hall–Kier alpha value is -6.49. The maximum atomic E-state index is 5.28. The van der Waals surface area contributed by atoms with Gasteiger partial charge in [-0.1, -0.05) is 124 Å². The maximum Gasteiger partial charge on any atom is 0.188 e. The first kappa shape index (κ1) is 48.8. The van der Waals surface area contributed by atoms with Crippen LogP contribution in [-0.4, -0.2) is 63.4 Å². The number of pyridine rings is 1. The van der Waals surface area contributed by atoms with E-state index in [9.17, 15) is 0 Å². The molecule has 3 fully saturated rings. The molecule has 73 heavy (non-hydrogen) atoms. The highest BCUT2D eigenvalue weighted by Crippen LogP contribution is 2.41. The van der Waals surface area contributed by atoms with E-state index in [2.05, 4.69) is 162 Å². The minimum atomic E-state index is 0.209. The number of aromatic nitrogens is 4. The van der Waals surface area contributed by atoms with Crippen LogP contribution in [0.15, 0.2) is 129 Å². The number of rotatable bonds is 15. The van der Waals surface area contributed by atoms with Crippen molar-refractivity contribution in [1.29, 1.82) is 0 Å². The van der Waals surface area contributed by atoms with Gasteiger partial charge in [-0.15, -0.1) is 0 Å². The largest absolute Gasteiger partial charge is 0.367 e. The van der Waals surface area contributed by atoms with Crippen molar-refractivity contribution < 1.29 is 0 Å². The second-order valence-electron chi connectivity index (χ2n) is 21.5. The maximum absolute atomic E-state index is 5.28. The van der Waals surface area contributed by atoms with Gasteiger partial charge in [0.2, 0.25) is 0 Å². The summed E-state index contributed by atoms with van der Waals surface area (Å²) in [5, 5.41) is 14.1. The van der Waals surface area contributed by atoms with E-state index in [1.54, 1.807) is 11.3 Å². The van der Waals surface area contributed by atoms with Crippen molar-refractivity contribution in [3.8, 4) is 11.1 Å². The summed E-state index contributed by atoms with van der Waals surface area (Å²) >= 11 is 1.66. The van der Waals surface area contributed by atoms with Gasteiger partial charge in [-0.25, -0.2) is 9.97 Å². The van der Waals surface area contributed by atoms with Crippen LogP contribution in [-0.2, 0) is 26.4 Å². The number of benzene rings is 4. The van der Waals surface area contributed by atoms with Gasteiger partial charge in [-0.05, 0) is 135 Å². The van der Waals surface area contributed by atoms with Crippen LogP contribution in [0.25, 0.3) is 44.0 Å². The molecule has 0 bridgehead atoms. The molecule has 0 radical (unpaired) electrons. The number of piperazine rings is 1. The van der Waals surface area contributed by atoms with E-state index in [-0.39, 0.29) is 5.92 Å². The molecule has 0 amide bonds. The summed E-state index contributed by atoms with van der Waals surface area (Å²) < 4.78 is 3.27. The molecule has 9 nitrogen and oxygen atoms in total. The van der Waals surface area contributed by atoms with Crippen molar-refractivity contribution in [1.82, 2.24) is 30.0 Å². The van der Waals surface area contributed by atoms with Crippen LogP contribution in [0.2, 0.25) is 0 Å². The number of fused-ring (bicyclic) bond motifs is 3. The lowest BCUT2D eigenvalue weighted by Gasteiger charge is -2.39. The van der Waals surface area contributed by atoms with Crippen LogP contribution in [0, 0.1) is 18.8 Å². The number of hydrogen-bond donors (Lipinski definition) is 2. The van der Waals surface area contributed by atoms with Crippen molar-refractivity contribution in [2.45, 2.75) is 103 Å². The minimum Gasteiger partial charge on any atom is -0.367 e. The second kappa shape index (κ2) is 21.2. The Bertz CT molecular complexity index is 3160. The van der Waals surface area contributed by atoms with Gasteiger partial charge in [0.05, 0.1) is 32.8 Å². The molecule has 1 saturated carbocycles. The quantitative estimate of drug-likeness (QED) is 0.105. The molecule has 2 saturated heterocycles. The average molecular weight is 988 g/mol. The van der Waals surface area contributed by atoms with Gasteiger partial charge < -0.3 is 20.4 Å². The summed E-state index contributed by atoms with van der Waals surface area (Å²) in [6.45, 7) is 28.0. The number of nitrogens with zero attached hydrogens (tertiary/aromatic N) is 7. The number of allylic oxidation sites excluding steroid dienone is 2. The molecule has 11 rings (SSSR count). The number of nitrogens with one attached hydrogen (secondary N) is 2. The van der Waals surface area contributed by atoms with E-state index in [4.69, 9.17) is 15.1 Å². The van der Waals surface area contributed by atoms with E-state index in [1.165, 1.54) is 94.1 Å². The molecule has 0 spiro atoms. The molecule has 6 heterocycles. The number of anilines is 3. The van der Waals surface area contributed by atoms with Gasteiger partial charge in [0.1, 0.15) is 5.82 Å². The first-order valence-electron chi connectivity index (χ1n) is 27.1. The fourth-order valence-corrected chi connectivity index (χ4v) is 13.6. The number of piperidine rings is 1. The third-order valence-corrected chi connectivity index (χ3v) is 17.9. The predicted octanol–water partition coefficient (Wildman–Crippen LogP) is 14.1. The lowest BCUT2D eigenvalue weighted by atomic mass is 9.76. The third-order valence-electron chi connectivity index (χ3n) is 17.0. The van der Waals surface area contributed by atoms with Gasteiger partial charge in [0, 0.05) is 91.9 Å². The number of thiazole rings is 1. The van der Waals surface area contributed by atoms with Gasteiger partial charge in [0.15, 0.2) is 5.13 Å². The minimum absolute atomic E-state index is 0.209. The summed E-state index contributed by atoms with van der Waals surface area (Å²) in [5.41, 5.74) is 17.6. The summed E-state index contributed by atoms with van der Waals surface area (Å²) in [6.07, 6.45) is 15.4. The van der Waals surface area contributed by atoms with Crippen molar-refractivity contribution in [2.24, 2.45) is 18.9 Å². The molecule has 3 aromatic heterocycles. The highest BCUT2D eigenvalue weighted by Gasteiger charge is 2.30. The van der Waals surface area contributed by atoms with Gasteiger partial charge >= 0.3 is 0 Å². The molecule has 7 aromatic rings. The molecule has 2 unspecified atom stereocenters. The van der Waals surface area contributed by atoms with E-state index in [0.717, 1.165) is 133 Å². The lowest BCUT2D eigenvalue weighted by molar-refractivity contribution is 0.180. The lowest BCUT2D eigenvalue weighted by Crippen LogP contribution is -2.49. The third kappa shape index (κ3) is 10.1. The predicted molar refractivity (Wildman–Crippen MR) is 308 cm³/mol. The molecule has 4 aromatic carbocycles. The summed E-state index contributed by atoms with van der Waals surface area (Å²) in [7, 11) is 2.10. The zero-order chi connectivity index (χ0) is 50.2. The molecular formula is C63H73N9S. The smallest absolute Gasteiger partial charge is 0.188 e. The molecule has 376 valence electrons. The van der Waals surface area contributed by atoms with Gasteiger partial charge in [-0.3, -0.25) is 9.58 Å². The van der Waals surface area contributed by atoms with Crippen LogP contribution in [0.5, 0.6) is 0 Å². The summed E-state index contributed by atoms with van der Waals surface area (Å²) in [4.78, 5) is 17.8. The summed E-state index contributed by atoms with van der Waals surface area (Å²) in [5.74, 6) is 2.80. The number of hydrogen-bond acceptors (Lipinski definition) is 9. The van der Waals surface area contributed by atoms with Crippen LogP contribution >= 0.6 is 11.3 Å². The molecule has 2 N–H and O–H groups in total. The van der Waals surface area contributed by atoms with Crippen LogP contribution in [0.1, 0.15) is 110 Å². The van der Waals surface area contributed by atoms with Crippen LogP contribution in [0.3, 0.4) is 0 Å². The Balaban J connectivity index is 0.656. The van der Waals surface area contributed by atoms with Crippen molar-refractivity contribution in [3.05, 3.63) is 168 Å². The standard InChI is InChI=1S/C63H73N9S/c1-8-56-53(31-32-60(66-56)72-34-33-48-17-12-20-51(55(48)40-72)44(5)65-63-67-57-22-9-10-24-59(57)73-63)50-19-13-18-49(43(50)4)39-47-28-26-46(27-29-47)16-11-15-42(3)70-35-37-71(38-36-70)58-23-14-21-54-61(68-69(7)62(54)58)52-30-25-41(2)64-45(52)6/h8-10,12-14,17-24,31-32,42,46-47,52,64H,1-2,5-6,11,15-16,25-30,33-40H2,3-4,7H3,(H,65,67). The van der Waals surface area contributed by atoms with Gasteiger partial charge in [-0.2, -0.15) is 5.10 Å². The molecule has 1 aliphatic carbocycles. The van der Waals surface area contributed by atoms with Crippen molar-refractivity contribution in [2.75, 3.05) is 47.8 Å². The van der Waals surface area contributed by atoms with Crippen LogP contribution in [0.4, 0.5) is 16.6 Å². The SMILES string of the molecule is C=Cc1nc(N2CCc3cccc(C(=C)Nc4nc5ccccc5s4)c3C2)ccc1-c1cccc(CC2CCC(CCCC(C)N3CCN(c4cccc5c(C6CCC(=C)NC6=C)nn(C)c45)CC3)CC2)c1C. The van der Waals surface area contributed by atoms with E-state index in [0.29, 0.717) is 6.04 Å². The van der Waals surface area contributed by atoms with Crippen molar-refractivity contribution in [3.63, 3.8) is 0 Å². The fraction of sp³-hybridized carbons (Fsp3) is 0.381. The van der Waals surface area contributed by atoms with E-state index >= 15 is 0 Å². The zero-order valence-corrected chi connectivity index (χ0v) is 44.3. The van der Waals surface area contributed by atoms with Crippen LogP contribution < -0.4 is 20.4 Å². The average Bonchev–Trinajstić information content (AvgIpc) is 3.98. The first-order chi connectivity index (χ1) is 35.6. The monoisotopic (exact) mass is 988 g/mol. The Morgan fingerprint density at radius 1 is 0.836 bits per heavy atom. The Labute approximate surface area is 437 Å². The molecular weight excluding hydrogens is 915 g/mol. The Morgan fingerprint density at radius 2 is 1.63 bits per heavy atom. The van der Waals surface area contributed by atoms with E-state index < -0.39 is 0 Å². The second-order valence-corrected chi connectivity index (χ2v) is 22.6. The number of aryl methyl sites for hydroxylation is 1. The normalized spacial score (nSPS) is 20.0. The van der Waals surface area contributed by atoms with Crippen molar-refractivity contribution >= 4 is 60.9 Å². The molecule has 3 aliphatic heterocycles. The molecule has 10 heteroatoms. The number of para-hydroxylation sites is 2. The highest BCUT2D eigenvalue weighted by atomic mass is 32.1. The zero-order valence-electron chi connectivity index (χ0n) is 43.4.